The number of hydrogen-bond donors (Lipinski definition) is 0. The van der Waals surface area contributed by atoms with Crippen LogP contribution < -0.4 is 0 Å². The Kier molecular flexibility index (Phi) is 31.1. The number of unbranched alkanes of at least 4 members (excludes halogenated alkanes) is 19. The van der Waals surface area contributed by atoms with Gasteiger partial charge in [0.05, 0.1) is 0 Å². The molecule has 0 heteroatoms. The van der Waals surface area contributed by atoms with E-state index in [0.717, 1.165) is 19.3 Å². The largest absolute Gasteiger partial charge is 0.103 e. The van der Waals surface area contributed by atoms with Gasteiger partial charge in [-0.3, -0.25) is 0 Å². The van der Waals surface area contributed by atoms with Gasteiger partial charge in [0.1, 0.15) is 0 Å². The average molecular weight is 1780 g/mol. The van der Waals surface area contributed by atoms with Crippen molar-refractivity contribution in [2.24, 2.45) is 0 Å². The summed E-state index contributed by atoms with van der Waals surface area (Å²) in [5.41, 5.74) is 54.4. The molecular formula is C135H156. The summed E-state index contributed by atoms with van der Waals surface area (Å²) in [6.45, 7) is 32.7. The van der Waals surface area contributed by atoms with Crippen LogP contribution in [0.25, 0.3) is 55.6 Å². The molecule has 7 aliphatic carbocycles. The van der Waals surface area contributed by atoms with Crippen molar-refractivity contribution in [2.45, 2.75) is 342 Å². The first-order valence-corrected chi connectivity index (χ1v) is 53.6. The zero-order chi connectivity index (χ0) is 93.6. The van der Waals surface area contributed by atoms with Crippen LogP contribution >= 0.6 is 0 Å². The van der Waals surface area contributed by atoms with Crippen LogP contribution in [0.4, 0.5) is 0 Å². The highest BCUT2D eigenvalue weighted by atomic mass is 14.5. The highest BCUT2D eigenvalue weighted by Gasteiger charge is 2.49. The fourth-order valence-electron chi connectivity index (χ4n) is 25.1. The molecule has 0 saturated heterocycles. The van der Waals surface area contributed by atoms with Crippen LogP contribution in [0.15, 0.2) is 274 Å². The lowest BCUT2D eigenvalue weighted by molar-refractivity contribution is 0.399. The Hall–Kier alpha value is -10.7. The molecule has 13 aromatic carbocycles. The molecular weight excluding hydrogens is 1620 g/mol. The van der Waals surface area contributed by atoms with Crippen molar-refractivity contribution in [1.82, 2.24) is 0 Å². The van der Waals surface area contributed by atoms with E-state index >= 15 is 0 Å². The number of hydrogen-bond acceptors (Lipinski definition) is 0. The Morgan fingerprint density at radius 3 is 0.881 bits per heavy atom. The van der Waals surface area contributed by atoms with Gasteiger partial charge >= 0.3 is 0 Å². The van der Waals surface area contributed by atoms with Crippen LogP contribution in [0.5, 0.6) is 0 Å². The number of rotatable bonds is 39. The van der Waals surface area contributed by atoms with Crippen LogP contribution in [0.1, 0.15) is 364 Å². The van der Waals surface area contributed by atoms with Crippen LogP contribution in [0.2, 0.25) is 0 Å². The highest BCUT2D eigenvalue weighted by Crippen LogP contribution is 2.61. The van der Waals surface area contributed by atoms with Gasteiger partial charge in [-0.05, 0) is 345 Å². The Morgan fingerprint density at radius 1 is 0.222 bits per heavy atom. The molecule has 0 bridgehead atoms. The second-order valence-electron chi connectivity index (χ2n) is 42.5. The van der Waals surface area contributed by atoms with Gasteiger partial charge in [0.25, 0.3) is 0 Å². The molecule has 7 aliphatic rings. The van der Waals surface area contributed by atoms with E-state index in [0.29, 0.717) is 0 Å². The molecule has 0 atom stereocenters. The van der Waals surface area contributed by atoms with Gasteiger partial charge in [-0.25, -0.2) is 0 Å². The fourth-order valence-corrected chi connectivity index (χ4v) is 25.1. The summed E-state index contributed by atoms with van der Waals surface area (Å²) in [6, 6.07) is 98.2. The molecule has 0 N–H and O–H groups in total. The standard InChI is InChI=1S/C40H46.C35H36.C31H42.C29H32/c1-4-5-6-8-11-31-16-21-35(22-17-31)40(25-10-7-9-12-32-15-18-33-19-20-34(33)28-32)38-26-29(2)13-23-36(38)37-24-14-30(3)27-39(37)40;1-4-5-6-7-19-35(30-10-8-9-27(23-30)29-16-14-26-13-15-28(26)22-29)33-20-24(2)11-17-31(33)32-18-12-25(3)21-34(32)35;1-5-7-9-11-13-15-21-31(22-16-14-12-10-8-6-2)29-23-25(3)17-19-27(29)28-20-18-26(4)24-30(28)31;1-4-5-6-7-16-29(24-13-12-22-10-11-23(22)19-24)27-17-20(2)8-14-25(27)26-15-9-21(3)18-28(26)29/h13-18,21-24,26-28H,4-12,19-20,25H2,1-3H3;8-12,14,16-18,20-23H,4-7,13,15,19H2,1-3H3;5-6,17-20,23-24H,1-2,7-16,21-22H2,3-4H3;8-9,12-15,17-19H,4-7,10-11,16H2,1-3H3. The van der Waals surface area contributed by atoms with E-state index in [9.17, 15) is 0 Å². The Morgan fingerprint density at radius 2 is 0.511 bits per heavy atom. The zero-order valence-corrected chi connectivity index (χ0v) is 84.6. The Bertz CT molecular complexity index is 6100. The van der Waals surface area contributed by atoms with E-state index in [-0.39, 0.29) is 21.7 Å². The first-order valence-electron chi connectivity index (χ1n) is 53.6. The second-order valence-corrected chi connectivity index (χ2v) is 42.5. The molecule has 0 spiro atoms. The second kappa shape index (κ2) is 43.8. The van der Waals surface area contributed by atoms with E-state index < -0.39 is 0 Å². The van der Waals surface area contributed by atoms with Gasteiger partial charge in [0.15, 0.2) is 0 Å². The third-order valence-electron chi connectivity index (χ3n) is 32.8. The van der Waals surface area contributed by atoms with Gasteiger partial charge in [-0.15, -0.1) is 13.2 Å². The minimum Gasteiger partial charge on any atom is -0.103 e. The maximum Gasteiger partial charge on any atom is 0.0464 e. The highest BCUT2D eigenvalue weighted by molar-refractivity contribution is 5.88. The fraction of sp³-hybridized carbons (Fsp3) is 0.393. The first-order chi connectivity index (χ1) is 65.9. The number of allylic oxidation sites excluding steroid dienone is 2. The van der Waals surface area contributed by atoms with Crippen molar-refractivity contribution in [3.8, 4) is 55.6 Å². The van der Waals surface area contributed by atoms with Crippen molar-refractivity contribution in [3.63, 3.8) is 0 Å². The topological polar surface area (TPSA) is 0 Å². The molecule has 135 heavy (non-hydrogen) atoms. The van der Waals surface area contributed by atoms with Gasteiger partial charge in [-0.2, -0.15) is 0 Å². The van der Waals surface area contributed by atoms with Gasteiger partial charge in [0, 0.05) is 21.7 Å². The molecule has 0 unspecified atom stereocenters. The zero-order valence-electron chi connectivity index (χ0n) is 84.6. The average Bonchev–Trinajstić information content (AvgIpc) is 1.56. The predicted octanol–water partition coefficient (Wildman–Crippen LogP) is 37.3. The van der Waals surface area contributed by atoms with Crippen LogP contribution in [-0.4, -0.2) is 0 Å². The summed E-state index contributed by atoms with van der Waals surface area (Å²) in [7, 11) is 0. The summed E-state index contributed by atoms with van der Waals surface area (Å²) in [5, 5.41) is 0. The molecule has 0 aliphatic heterocycles. The van der Waals surface area contributed by atoms with Crippen molar-refractivity contribution in [1.29, 1.82) is 0 Å². The minimum absolute atomic E-state index is 0.00106. The van der Waals surface area contributed by atoms with Crippen LogP contribution in [-0.2, 0) is 73.0 Å². The van der Waals surface area contributed by atoms with Gasteiger partial charge in [-0.1, -0.05) is 442 Å². The predicted molar refractivity (Wildman–Crippen MR) is 583 cm³/mol. The first kappa shape index (κ1) is 96.0. The molecule has 20 rings (SSSR count). The molecule has 0 radical (unpaired) electrons. The van der Waals surface area contributed by atoms with E-state index in [1.54, 1.807) is 33.4 Å². The third kappa shape index (κ3) is 20.1. The van der Waals surface area contributed by atoms with E-state index in [4.69, 9.17) is 0 Å². The Labute approximate surface area is 816 Å². The smallest absolute Gasteiger partial charge is 0.0464 e. The minimum atomic E-state index is -0.0910. The monoisotopic (exact) mass is 1780 g/mol. The van der Waals surface area contributed by atoms with Gasteiger partial charge < -0.3 is 0 Å². The summed E-state index contributed by atoms with van der Waals surface area (Å²) in [6.07, 6.45) is 52.4. The van der Waals surface area contributed by atoms with Crippen LogP contribution in [0, 0.1) is 55.4 Å². The third-order valence-corrected chi connectivity index (χ3v) is 32.8. The SMILES string of the molecule is C=CCCCCCCC1(CCCCCCC=C)c2cc(C)ccc2-c2ccc(C)cc21.CCCCCCC1(c2ccc3c(c2)CC3)c2cc(C)ccc2-c2ccc(C)cc21.CCCCCCC1(c2cccc(-c3ccc4c(c3)CC4)c2)c2cc(C)ccc2-c2ccc(C)cc21.CCCCCCc1ccc(C2(CCCCCc3ccc4c(c3)CC4)c3cc(C)ccc3-c3ccc(C)cc32)cc1. The number of aryl methyl sites for hydroxylation is 16. The molecule has 0 nitrogen and oxygen atoms in total. The van der Waals surface area contributed by atoms with Crippen molar-refractivity contribution < 1.29 is 0 Å². The van der Waals surface area contributed by atoms with E-state index in [1.807, 2.05) is 0 Å². The molecule has 0 saturated carbocycles. The lowest BCUT2D eigenvalue weighted by Gasteiger charge is -2.35. The summed E-state index contributed by atoms with van der Waals surface area (Å²) in [5.74, 6) is 0. The Balaban J connectivity index is 0.000000126. The summed E-state index contributed by atoms with van der Waals surface area (Å²) in [4.78, 5) is 0. The molecule has 0 fully saturated rings. The maximum atomic E-state index is 3.87. The normalized spacial score (nSPS) is 14.5. The lowest BCUT2D eigenvalue weighted by Crippen LogP contribution is -2.28. The van der Waals surface area contributed by atoms with Crippen molar-refractivity contribution >= 4 is 0 Å². The molecule has 0 aromatic heterocycles. The maximum absolute atomic E-state index is 3.87. The molecule has 0 amide bonds. The number of fused-ring (bicyclic) bond motifs is 15. The quantitative estimate of drug-likeness (QED) is 0.0266. The molecule has 13 aromatic rings. The van der Waals surface area contributed by atoms with Crippen molar-refractivity contribution in [2.75, 3.05) is 0 Å². The van der Waals surface area contributed by atoms with E-state index in [2.05, 4.69) is 350 Å². The molecule has 696 valence electrons. The van der Waals surface area contributed by atoms with Crippen molar-refractivity contribution in [3.05, 3.63) is 424 Å². The molecule has 0 heterocycles. The summed E-state index contributed by atoms with van der Waals surface area (Å²) < 4.78 is 0. The lowest BCUT2D eigenvalue weighted by atomic mass is 9.67. The van der Waals surface area contributed by atoms with E-state index in [1.165, 1.54) is 397 Å². The van der Waals surface area contributed by atoms with Crippen LogP contribution in [0.3, 0.4) is 0 Å². The van der Waals surface area contributed by atoms with Gasteiger partial charge in [0.2, 0.25) is 0 Å². The summed E-state index contributed by atoms with van der Waals surface area (Å²) >= 11 is 0. The number of benzene rings is 13.